The van der Waals surface area contributed by atoms with Crippen molar-refractivity contribution in [3.8, 4) is 11.5 Å². The first kappa shape index (κ1) is 26.4. The second-order valence-corrected chi connectivity index (χ2v) is 7.18. The first-order chi connectivity index (χ1) is 15.6. The molecule has 0 saturated carbocycles. The predicted molar refractivity (Wildman–Crippen MR) is 109 cm³/mol. The van der Waals surface area contributed by atoms with Crippen molar-refractivity contribution in [1.29, 1.82) is 0 Å². The summed E-state index contributed by atoms with van der Waals surface area (Å²) in [4.78, 5) is 45.9. The number of nitrogens with one attached hydrogen (secondary N) is 1. The molecule has 0 heterocycles. The van der Waals surface area contributed by atoms with E-state index in [2.05, 4.69) is 5.32 Å². The molecule has 0 unspecified atom stereocenters. The summed E-state index contributed by atoms with van der Waals surface area (Å²) in [6.45, 7) is 2.96. The van der Waals surface area contributed by atoms with Gasteiger partial charge in [-0.3, -0.25) is 29.8 Å². The molecular formula is C20H16ClF3N2O8. The van der Waals surface area contributed by atoms with Gasteiger partial charge in [0, 0.05) is 32.9 Å². The average molecular weight is 505 g/mol. The summed E-state index contributed by atoms with van der Waals surface area (Å²) in [5.41, 5.74) is -2.32. The van der Waals surface area contributed by atoms with E-state index in [1.165, 1.54) is 0 Å². The lowest BCUT2D eigenvalue weighted by Gasteiger charge is -2.28. The minimum absolute atomic E-state index is 0.195. The number of carbonyl (C=O) groups is 3. The molecule has 1 N–H and O–H groups in total. The number of alkyl halides is 3. The van der Waals surface area contributed by atoms with Crippen molar-refractivity contribution in [2.75, 3.05) is 0 Å². The van der Waals surface area contributed by atoms with Crippen LogP contribution in [0.4, 0.5) is 18.9 Å². The van der Waals surface area contributed by atoms with E-state index in [-0.39, 0.29) is 11.5 Å². The zero-order valence-corrected chi connectivity index (χ0v) is 18.4. The minimum atomic E-state index is -4.64. The number of hydrogen-bond acceptors (Lipinski definition) is 8. The number of hydrogen-bond donors (Lipinski definition) is 1. The Balaban J connectivity index is 2.41. The molecule has 0 aromatic heterocycles. The molecule has 2 rings (SSSR count). The van der Waals surface area contributed by atoms with Crippen molar-refractivity contribution in [2.45, 2.75) is 32.9 Å². The van der Waals surface area contributed by atoms with Crippen LogP contribution in [0.25, 0.3) is 0 Å². The molecule has 0 aliphatic heterocycles. The van der Waals surface area contributed by atoms with Gasteiger partial charge in [0.1, 0.15) is 17.1 Å². The lowest BCUT2D eigenvalue weighted by atomic mass is 10.1. The quantitative estimate of drug-likeness (QED) is 0.250. The van der Waals surface area contributed by atoms with Crippen LogP contribution >= 0.6 is 11.6 Å². The van der Waals surface area contributed by atoms with Gasteiger partial charge in [-0.1, -0.05) is 11.6 Å². The lowest BCUT2D eigenvalue weighted by molar-refractivity contribution is -0.385. The number of nitro groups is 1. The highest BCUT2D eigenvalue weighted by Gasteiger charge is 2.36. The summed E-state index contributed by atoms with van der Waals surface area (Å²) in [7, 11) is 0. The topological polar surface area (TPSA) is 134 Å². The first-order valence-corrected chi connectivity index (χ1v) is 9.54. The molecule has 34 heavy (non-hydrogen) atoms. The van der Waals surface area contributed by atoms with E-state index in [4.69, 9.17) is 25.8 Å². The molecule has 0 aliphatic rings. The summed E-state index contributed by atoms with van der Waals surface area (Å²) in [5.74, 6) is -5.78. The van der Waals surface area contributed by atoms with Gasteiger partial charge in [0.2, 0.25) is 0 Å². The van der Waals surface area contributed by atoms with Crippen molar-refractivity contribution in [3.63, 3.8) is 0 Å². The Morgan fingerprint density at radius 2 is 1.62 bits per heavy atom. The Morgan fingerprint density at radius 3 is 2.09 bits per heavy atom. The van der Waals surface area contributed by atoms with E-state index in [0.717, 1.165) is 45.0 Å². The van der Waals surface area contributed by atoms with Gasteiger partial charge in [0.25, 0.3) is 11.6 Å². The second-order valence-electron chi connectivity index (χ2n) is 6.77. The van der Waals surface area contributed by atoms with Crippen LogP contribution in [-0.2, 0) is 25.2 Å². The van der Waals surface area contributed by atoms with Crippen molar-refractivity contribution < 1.29 is 46.7 Å². The second kappa shape index (κ2) is 9.95. The fourth-order valence-electron chi connectivity index (χ4n) is 2.70. The molecule has 10 nitrogen and oxygen atoms in total. The van der Waals surface area contributed by atoms with Crippen LogP contribution in [0.15, 0.2) is 36.4 Å². The number of carbonyl (C=O) groups excluding carboxylic acids is 3. The van der Waals surface area contributed by atoms with Crippen LogP contribution < -0.4 is 10.1 Å². The maximum Gasteiger partial charge on any atom is 0.416 e. The smallest absolute Gasteiger partial charge is 0.416 e. The molecule has 0 bridgehead atoms. The highest BCUT2D eigenvalue weighted by molar-refractivity contribution is 6.32. The number of nitro benzene ring substituents is 1. The molecule has 182 valence electrons. The number of ether oxygens (including phenoxy) is 3. The highest BCUT2D eigenvalue weighted by atomic mass is 35.5. The van der Waals surface area contributed by atoms with E-state index in [1.807, 2.05) is 0 Å². The van der Waals surface area contributed by atoms with Crippen LogP contribution in [0.1, 0.15) is 36.7 Å². The molecule has 14 heteroatoms. The number of nitrogens with zero attached hydrogens (tertiary/aromatic N) is 1. The van der Waals surface area contributed by atoms with Crippen molar-refractivity contribution in [3.05, 3.63) is 62.7 Å². The molecule has 1 amide bonds. The van der Waals surface area contributed by atoms with E-state index in [0.29, 0.717) is 12.1 Å². The maximum atomic E-state index is 12.8. The third-order valence-electron chi connectivity index (χ3n) is 3.91. The zero-order valence-electron chi connectivity index (χ0n) is 17.7. The van der Waals surface area contributed by atoms with Crippen molar-refractivity contribution in [1.82, 2.24) is 5.32 Å². The summed E-state index contributed by atoms with van der Waals surface area (Å²) >= 11 is 5.84. The number of halogens is 4. The summed E-state index contributed by atoms with van der Waals surface area (Å²) in [6.07, 6.45) is -4.64. The predicted octanol–water partition coefficient (Wildman–Crippen LogP) is 4.59. The number of esters is 2. The molecule has 0 radical (unpaired) electrons. The average Bonchev–Trinajstić information content (AvgIpc) is 2.66. The fraction of sp³-hybridized carbons (Fsp3) is 0.250. The number of benzene rings is 2. The Labute approximate surface area is 194 Å². The molecule has 0 saturated heterocycles. The zero-order chi connectivity index (χ0) is 25.8. The van der Waals surface area contributed by atoms with E-state index in [9.17, 15) is 37.7 Å². The van der Waals surface area contributed by atoms with Gasteiger partial charge < -0.3 is 14.2 Å². The lowest BCUT2D eigenvalue weighted by Crippen LogP contribution is -2.52. The van der Waals surface area contributed by atoms with Gasteiger partial charge in [-0.25, -0.2) is 0 Å². The molecule has 0 fully saturated rings. The maximum absolute atomic E-state index is 12.8. The van der Waals surface area contributed by atoms with Crippen molar-refractivity contribution in [2.24, 2.45) is 0 Å². The Kier molecular flexibility index (Phi) is 7.72. The third kappa shape index (κ3) is 6.81. The molecule has 2 aromatic rings. The van der Waals surface area contributed by atoms with Crippen LogP contribution in [0.5, 0.6) is 11.5 Å². The Hall–Kier alpha value is -3.87. The standard InChI is InChI=1S/C20H16ClF3N2O8/c1-10(27)33-19(3,34-11(2)28)25-18(29)14-9-13(5-6-16(14)26(30)31)32-17-7-4-12(8-15(17)21)20(22,23)24/h4-9H,1-3H3,(H,25,29). The van der Waals surface area contributed by atoms with Crippen molar-refractivity contribution >= 4 is 35.1 Å². The van der Waals surface area contributed by atoms with Gasteiger partial charge in [-0.2, -0.15) is 13.2 Å². The van der Waals surface area contributed by atoms with E-state index < -0.39 is 56.7 Å². The van der Waals surface area contributed by atoms with E-state index in [1.54, 1.807) is 0 Å². The normalized spacial score (nSPS) is 11.4. The van der Waals surface area contributed by atoms with Crippen LogP contribution in [0, 0.1) is 10.1 Å². The van der Waals surface area contributed by atoms with Gasteiger partial charge in [-0.15, -0.1) is 0 Å². The molecule has 0 atom stereocenters. The van der Waals surface area contributed by atoms with Gasteiger partial charge >= 0.3 is 24.0 Å². The minimum Gasteiger partial charge on any atom is -0.456 e. The molecule has 0 aliphatic carbocycles. The highest BCUT2D eigenvalue weighted by Crippen LogP contribution is 2.37. The van der Waals surface area contributed by atoms with E-state index >= 15 is 0 Å². The SMILES string of the molecule is CC(=O)OC(C)(NC(=O)c1cc(Oc2ccc(C(F)(F)F)cc2Cl)ccc1[N+](=O)[O-])OC(C)=O. The van der Waals surface area contributed by atoms with Gasteiger partial charge in [-0.05, 0) is 24.3 Å². The van der Waals surface area contributed by atoms with Crippen LogP contribution in [0.3, 0.4) is 0 Å². The summed E-state index contributed by atoms with van der Waals surface area (Å²) < 4.78 is 53.4. The Morgan fingerprint density at radius 1 is 1.03 bits per heavy atom. The first-order valence-electron chi connectivity index (χ1n) is 9.16. The number of amides is 1. The molecular weight excluding hydrogens is 489 g/mol. The van der Waals surface area contributed by atoms with Crippen LogP contribution in [0.2, 0.25) is 5.02 Å². The molecule has 2 aromatic carbocycles. The van der Waals surface area contributed by atoms with Gasteiger partial charge in [0.05, 0.1) is 15.5 Å². The molecule has 0 spiro atoms. The van der Waals surface area contributed by atoms with Crippen LogP contribution in [-0.4, -0.2) is 28.7 Å². The third-order valence-corrected chi connectivity index (χ3v) is 4.21. The number of rotatable bonds is 7. The summed E-state index contributed by atoms with van der Waals surface area (Å²) in [6, 6.07) is 5.16. The Bertz CT molecular complexity index is 1140. The summed E-state index contributed by atoms with van der Waals surface area (Å²) in [5, 5.41) is 13.0. The monoisotopic (exact) mass is 504 g/mol. The fourth-order valence-corrected chi connectivity index (χ4v) is 2.92. The largest absolute Gasteiger partial charge is 0.456 e. The van der Waals surface area contributed by atoms with Gasteiger partial charge in [0.15, 0.2) is 0 Å².